The van der Waals surface area contributed by atoms with Crippen molar-refractivity contribution in [3.63, 3.8) is 0 Å². The minimum Gasteiger partial charge on any atom is -0.282 e. The van der Waals surface area contributed by atoms with Crippen molar-refractivity contribution < 1.29 is 13.0 Å². The predicted octanol–water partition coefficient (Wildman–Crippen LogP) is 5.41. The summed E-state index contributed by atoms with van der Waals surface area (Å²) in [5, 5.41) is 0. The summed E-state index contributed by atoms with van der Waals surface area (Å²) in [6.07, 6.45) is 5.52. The van der Waals surface area contributed by atoms with Crippen LogP contribution >= 0.6 is 0 Å². The molecule has 0 aliphatic rings. The maximum absolute atomic E-state index is 11.2. The van der Waals surface area contributed by atoms with Crippen LogP contribution in [0.5, 0.6) is 0 Å². The second-order valence-electron chi connectivity index (χ2n) is 5.83. The highest BCUT2D eigenvalue weighted by atomic mass is 32.2. The van der Waals surface area contributed by atoms with E-state index in [1.54, 1.807) is 12.1 Å². The van der Waals surface area contributed by atoms with Gasteiger partial charge in [-0.3, -0.25) is 4.55 Å². The molecule has 0 saturated heterocycles. The van der Waals surface area contributed by atoms with E-state index in [2.05, 4.69) is 18.7 Å². The smallest absolute Gasteiger partial charge is 0.282 e. The van der Waals surface area contributed by atoms with Gasteiger partial charge in [-0.1, -0.05) is 85.5 Å². The molecule has 0 aliphatic carbocycles. The summed E-state index contributed by atoms with van der Waals surface area (Å²) in [6.45, 7) is 3.75. The summed E-state index contributed by atoms with van der Waals surface area (Å²) in [6, 6.07) is 22.4. The van der Waals surface area contributed by atoms with Gasteiger partial charge >= 0.3 is 0 Å². The topological polar surface area (TPSA) is 54.4 Å². The molecule has 3 aromatic rings. The number of hydrogen-bond acceptors (Lipinski definition) is 2. The largest absolute Gasteiger partial charge is 0.294 e. The molecule has 0 unspecified atom stereocenters. The molecule has 0 radical (unpaired) electrons. The Morgan fingerprint density at radius 3 is 1.81 bits per heavy atom. The van der Waals surface area contributed by atoms with E-state index in [4.69, 9.17) is 4.55 Å². The fraction of sp³-hybridized carbons (Fsp3) is 0. The van der Waals surface area contributed by atoms with Gasteiger partial charge in [0.15, 0.2) is 0 Å². The van der Waals surface area contributed by atoms with Crippen molar-refractivity contribution in [3.8, 4) is 11.1 Å². The summed E-state index contributed by atoms with van der Waals surface area (Å²) < 4.78 is 31.5. The SMILES string of the molecule is C=Cc1ccc(-c2ccc(C=Cc3cccc(S(=O)(=O)O)c3)cc2)cc1. The zero-order valence-electron chi connectivity index (χ0n) is 14.0. The van der Waals surface area contributed by atoms with Crippen molar-refractivity contribution in [1.82, 2.24) is 0 Å². The molecule has 3 aromatic carbocycles. The quantitative estimate of drug-likeness (QED) is 0.487. The Morgan fingerprint density at radius 1 is 0.731 bits per heavy atom. The molecule has 3 rings (SSSR count). The first kappa shape index (κ1) is 17.9. The van der Waals surface area contributed by atoms with Crippen molar-refractivity contribution in [1.29, 1.82) is 0 Å². The molecule has 26 heavy (non-hydrogen) atoms. The predicted molar refractivity (Wildman–Crippen MR) is 107 cm³/mol. The van der Waals surface area contributed by atoms with Crippen LogP contribution in [0.2, 0.25) is 0 Å². The lowest BCUT2D eigenvalue weighted by Crippen LogP contribution is -1.97. The Hall–Kier alpha value is -2.95. The van der Waals surface area contributed by atoms with Crippen molar-refractivity contribution in [3.05, 3.63) is 96.1 Å². The molecular weight excluding hydrogens is 344 g/mol. The molecule has 0 aliphatic heterocycles. The van der Waals surface area contributed by atoms with Crippen LogP contribution in [0.3, 0.4) is 0 Å². The molecule has 3 nitrogen and oxygen atoms in total. The summed E-state index contributed by atoms with van der Waals surface area (Å²) in [5.74, 6) is 0. The second-order valence-corrected chi connectivity index (χ2v) is 7.25. The van der Waals surface area contributed by atoms with E-state index in [0.29, 0.717) is 5.56 Å². The van der Waals surface area contributed by atoms with Gasteiger partial charge in [0.25, 0.3) is 10.1 Å². The third kappa shape index (κ3) is 4.36. The molecule has 1 N–H and O–H groups in total. The van der Waals surface area contributed by atoms with Crippen LogP contribution in [0, 0.1) is 0 Å². The second kappa shape index (κ2) is 7.52. The Bertz CT molecular complexity index is 1050. The molecule has 0 fully saturated rings. The normalized spacial score (nSPS) is 11.6. The zero-order chi connectivity index (χ0) is 18.6. The van der Waals surface area contributed by atoms with Crippen LogP contribution in [0.25, 0.3) is 29.4 Å². The molecule has 0 atom stereocenters. The fourth-order valence-electron chi connectivity index (χ4n) is 2.57. The molecule has 0 saturated carbocycles. The van der Waals surface area contributed by atoms with Crippen molar-refractivity contribution in [2.45, 2.75) is 4.90 Å². The van der Waals surface area contributed by atoms with Crippen molar-refractivity contribution in [2.75, 3.05) is 0 Å². The van der Waals surface area contributed by atoms with E-state index in [9.17, 15) is 8.42 Å². The zero-order valence-corrected chi connectivity index (χ0v) is 14.9. The van der Waals surface area contributed by atoms with E-state index >= 15 is 0 Å². The summed E-state index contributed by atoms with van der Waals surface area (Å²) in [7, 11) is -4.19. The van der Waals surface area contributed by atoms with Crippen LogP contribution in [0.1, 0.15) is 16.7 Å². The molecule has 0 bridgehead atoms. The maximum Gasteiger partial charge on any atom is 0.294 e. The third-order valence-electron chi connectivity index (χ3n) is 4.01. The number of hydrogen-bond donors (Lipinski definition) is 1. The van der Waals surface area contributed by atoms with E-state index < -0.39 is 10.1 Å². The maximum atomic E-state index is 11.2. The summed E-state index contributed by atoms with van der Waals surface area (Å²) in [4.78, 5) is -0.113. The highest BCUT2D eigenvalue weighted by Crippen LogP contribution is 2.21. The molecular formula is C22H18O3S. The minimum atomic E-state index is -4.19. The van der Waals surface area contributed by atoms with Gasteiger partial charge in [0.1, 0.15) is 0 Å². The molecule has 130 valence electrons. The molecule has 0 aromatic heterocycles. The van der Waals surface area contributed by atoms with Crippen LogP contribution in [-0.2, 0) is 10.1 Å². The van der Waals surface area contributed by atoms with E-state index in [0.717, 1.165) is 22.3 Å². The number of benzene rings is 3. The molecule has 4 heteroatoms. The highest BCUT2D eigenvalue weighted by molar-refractivity contribution is 7.85. The van der Waals surface area contributed by atoms with Gasteiger partial charge in [0.2, 0.25) is 0 Å². The fourth-order valence-corrected chi connectivity index (χ4v) is 3.11. The van der Waals surface area contributed by atoms with E-state index in [1.165, 1.54) is 12.1 Å². The standard InChI is InChI=1S/C22H18O3S/c1-2-17-8-12-20(13-9-17)21-14-10-18(11-15-21)6-7-19-4-3-5-22(16-19)26(23,24)25/h2-16H,1H2,(H,23,24,25). The monoisotopic (exact) mass is 362 g/mol. The molecule has 0 amide bonds. The third-order valence-corrected chi connectivity index (χ3v) is 4.86. The lowest BCUT2D eigenvalue weighted by Gasteiger charge is -2.03. The Balaban J connectivity index is 1.78. The van der Waals surface area contributed by atoms with Gasteiger partial charge in [-0.05, 0) is 39.9 Å². The first-order valence-corrected chi connectivity index (χ1v) is 9.48. The first-order chi connectivity index (χ1) is 12.5. The van der Waals surface area contributed by atoms with E-state index in [1.807, 2.05) is 54.6 Å². The highest BCUT2D eigenvalue weighted by Gasteiger charge is 2.08. The Morgan fingerprint density at radius 2 is 1.27 bits per heavy atom. The number of rotatable bonds is 5. The van der Waals surface area contributed by atoms with Crippen LogP contribution in [-0.4, -0.2) is 13.0 Å². The van der Waals surface area contributed by atoms with Gasteiger partial charge in [0.05, 0.1) is 4.90 Å². The average Bonchev–Trinajstić information content (AvgIpc) is 2.66. The lowest BCUT2D eigenvalue weighted by molar-refractivity contribution is 0.483. The summed E-state index contributed by atoms with van der Waals surface area (Å²) in [5.41, 5.74) is 5.02. The van der Waals surface area contributed by atoms with E-state index in [-0.39, 0.29) is 4.90 Å². The average molecular weight is 362 g/mol. The van der Waals surface area contributed by atoms with Gasteiger partial charge in [-0.15, -0.1) is 0 Å². The van der Waals surface area contributed by atoms with Gasteiger partial charge in [-0.25, -0.2) is 0 Å². The van der Waals surface area contributed by atoms with Crippen molar-refractivity contribution in [2.24, 2.45) is 0 Å². The van der Waals surface area contributed by atoms with Crippen LogP contribution < -0.4 is 0 Å². The molecule has 0 spiro atoms. The van der Waals surface area contributed by atoms with Gasteiger partial charge in [-0.2, -0.15) is 8.42 Å². The van der Waals surface area contributed by atoms with Gasteiger partial charge < -0.3 is 0 Å². The van der Waals surface area contributed by atoms with Crippen LogP contribution in [0.15, 0.2) is 84.3 Å². The Labute approximate surface area is 153 Å². The summed E-state index contributed by atoms with van der Waals surface area (Å²) >= 11 is 0. The Kier molecular flexibility index (Phi) is 5.16. The first-order valence-electron chi connectivity index (χ1n) is 8.04. The van der Waals surface area contributed by atoms with Crippen molar-refractivity contribution >= 4 is 28.3 Å². The van der Waals surface area contributed by atoms with Gasteiger partial charge in [0, 0.05) is 0 Å². The lowest BCUT2D eigenvalue weighted by atomic mass is 10.0. The van der Waals surface area contributed by atoms with Crippen LogP contribution in [0.4, 0.5) is 0 Å². The molecule has 0 heterocycles. The minimum absolute atomic E-state index is 0.113.